The number of rotatable bonds is 8. The van der Waals surface area contributed by atoms with Gasteiger partial charge in [0.25, 0.3) is 5.69 Å². The molecule has 3 heterocycles. The Morgan fingerprint density at radius 2 is 1.95 bits per heavy atom. The molecule has 4 N–H and O–H groups in total. The number of non-ortho nitro benzene ring substituents is 1. The number of nitro groups is 1. The van der Waals surface area contributed by atoms with E-state index in [2.05, 4.69) is 22.1 Å². The van der Waals surface area contributed by atoms with Gasteiger partial charge in [0.15, 0.2) is 17.0 Å². The van der Waals surface area contributed by atoms with Crippen molar-refractivity contribution in [1.82, 2.24) is 9.47 Å². The predicted octanol–water partition coefficient (Wildman–Crippen LogP) is 5.46. The number of fused-ring (bicyclic) bond motifs is 3. The van der Waals surface area contributed by atoms with Gasteiger partial charge in [-0.3, -0.25) is 14.9 Å². The molecule has 0 saturated carbocycles. The summed E-state index contributed by atoms with van der Waals surface area (Å²) in [7, 11) is 1.75. The highest BCUT2D eigenvalue weighted by molar-refractivity contribution is 5.93. The number of aromatic nitrogens is 1. The van der Waals surface area contributed by atoms with Gasteiger partial charge < -0.3 is 30.6 Å². The fourth-order valence-electron chi connectivity index (χ4n) is 5.76. The van der Waals surface area contributed by atoms with E-state index in [0.717, 1.165) is 55.0 Å². The highest BCUT2D eigenvalue weighted by Crippen LogP contribution is 2.41. The van der Waals surface area contributed by atoms with Crippen molar-refractivity contribution in [2.24, 2.45) is 12.8 Å². The molecule has 0 spiro atoms. The number of nitro benzene ring substituents is 1. The maximum Gasteiger partial charge on any atom is 0.269 e. The van der Waals surface area contributed by atoms with E-state index >= 15 is 4.39 Å². The maximum absolute atomic E-state index is 15.7. The molecule has 1 saturated heterocycles. The first-order valence-electron chi connectivity index (χ1n) is 13.8. The highest BCUT2D eigenvalue weighted by atomic mass is 19.1. The average Bonchev–Trinajstić information content (AvgIpc) is 3.48. The van der Waals surface area contributed by atoms with Crippen molar-refractivity contribution >= 4 is 39.3 Å². The van der Waals surface area contributed by atoms with Gasteiger partial charge in [-0.15, -0.1) is 0 Å². The summed E-state index contributed by atoms with van der Waals surface area (Å²) >= 11 is 0. The van der Waals surface area contributed by atoms with E-state index < -0.39 is 16.2 Å². The zero-order valence-electron chi connectivity index (χ0n) is 23.2. The van der Waals surface area contributed by atoms with Crippen LogP contribution in [0.5, 0.6) is 11.5 Å². The van der Waals surface area contributed by atoms with Gasteiger partial charge in [0.05, 0.1) is 21.4 Å². The predicted molar refractivity (Wildman–Crippen MR) is 162 cm³/mol. The number of hydrogen-bond acceptors (Lipinski definition) is 8. The number of nitrogens with one attached hydrogen (secondary N) is 2. The first-order chi connectivity index (χ1) is 20.2. The number of anilines is 3. The molecule has 4 aromatic rings. The van der Waals surface area contributed by atoms with Crippen LogP contribution >= 0.6 is 0 Å². The van der Waals surface area contributed by atoms with Gasteiger partial charge in [-0.05, 0) is 55.3 Å². The minimum atomic E-state index is -0.609. The number of hydrogen-bond donors (Lipinski definition) is 3. The lowest BCUT2D eigenvalue weighted by molar-refractivity contribution is -0.384. The molecule has 42 heavy (non-hydrogen) atoms. The van der Waals surface area contributed by atoms with Crippen molar-refractivity contribution in [2.45, 2.75) is 19.3 Å². The van der Waals surface area contributed by atoms with Gasteiger partial charge in [0.1, 0.15) is 11.4 Å². The molecule has 3 aromatic carbocycles. The number of halogens is 1. The Labute approximate surface area is 241 Å². The molecule has 216 valence electrons. The third-order valence-electron chi connectivity index (χ3n) is 7.90. The second-order valence-electron chi connectivity index (χ2n) is 10.8. The normalized spacial score (nSPS) is 14.2. The van der Waals surface area contributed by atoms with Crippen molar-refractivity contribution < 1.29 is 14.1 Å². The zero-order valence-corrected chi connectivity index (χ0v) is 23.2. The van der Waals surface area contributed by atoms with Crippen LogP contribution in [-0.2, 0) is 13.5 Å². The van der Waals surface area contributed by atoms with E-state index in [4.69, 9.17) is 10.5 Å². The van der Waals surface area contributed by atoms with Gasteiger partial charge in [-0.25, -0.2) is 4.39 Å². The van der Waals surface area contributed by atoms with Crippen molar-refractivity contribution in [3.8, 4) is 11.5 Å². The van der Waals surface area contributed by atoms with E-state index in [0.29, 0.717) is 24.2 Å². The minimum Gasteiger partial charge on any atom is -0.453 e. The fourth-order valence-corrected chi connectivity index (χ4v) is 5.76. The number of aryl methyl sites for hydroxylation is 1. The molecular formula is C31H31FN6O4. The summed E-state index contributed by atoms with van der Waals surface area (Å²) in [6.45, 7) is 6.98. The van der Waals surface area contributed by atoms with Crippen molar-refractivity contribution in [1.29, 1.82) is 0 Å². The van der Waals surface area contributed by atoms with Crippen molar-refractivity contribution in [3.05, 3.63) is 98.1 Å². The lowest BCUT2D eigenvalue weighted by Crippen LogP contribution is -2.26. The third-order valence-corrected chi connectivity index (χ3v) is 7.90. The Balaban J connectivity index is 1.39. The maximum atomic E-state index is 15.7. The van der Waals surface area contributed by atoms with Crippen LogP contribution in [0.4, 0.5) is 27.1 Å². The summed E-state index contributed by atoms with van der Waals surface area (Å²) in [5.41, 5.74) is 9.63. The summed E-state index contributed by atoms with van der Waals surface area (Å²) in [5.74, 6) is 0.00951. The monoisotopic (exact) mass is 570 g/mol. The average molecular weight is 571 g/mol. The van der Waals surface area contributed by atoms with Crippen molar-refractivity contribution in [3.63, 3.8) is 0 Å². The van der Waals surface area contributed by atoms with Gasteiger partial charge in [0, 0.05) is 68.0 Å². The third kappa shape index (κ3) is 5.03. The van der Waals surface area contributed by atoms with E-state index in [1.54, 1.807) is 42.1 Å². The molecule has 6 rings (SSSR count). The van der Waals surface area contributed by atoms with E-state index in [9.17, 15) is 14.9 Å². The van der Waals surface area contributed by atoms with Crippen LogP contribution in [-0.4, -0.2) is 40.6 Å². The fraction of sp³-hybridized carbons (Fsp3) is 0.258. The van der Waals surface area contributed by atoms with E-state index in [1.165, 1.54) is 12.1 Å². The second kappa shape index (κ2) is 10.8. The molecular weight excluding hydrogens is 539 g/mol. The van der Waals surface area contributed by atoms with Gasteiger partial charge >= 0.3 is 0 Å². The summed E-state index contributed by atoms with van der Waals surface area (Å²) in [5, 5.41) is 17.9. The highest BCUT2D eigenvalue weighted by Gasteiger charge is 2.23. The molecule has 0 bridgehead atoms. The second-order valence-corrected chi connectivity index (χ2v) is 10.8. The van der Waals surface area contributed by atoms with E-state index in [-0.39, 0.29) is 33.8 Å². The topological polar surface area (TPSA) is 128 Å². The summed E-state index contributed by atoms with van der Waals surface area (Å²) < 4.78 is 23.8. The van der Waals surface area contributed by atoms with Gasteiger partial charge in [0.2, 0.25) is 0 Å². The number of nitrogens with two attached hydrogens (primary N) is 1. The SMILES string of the molecule is C=C(N)c1cn(C)c2c(Oc3ccc4c(c3)Nc3ccc([N+](=O)[O-])cc3C4)c(NCCN3CCCC3)c(F)cc2c1=O. The Hall–Kier alpha value is -4.90. The first-order valence-corrected chi connectivity index (χ1v) is 13.8. The summed E-state index contributed by atoms with van der Waals surface area (Å²) in [6.07, 6.45) is 4.40. The lowest BCUT2D eigenvalue weighted by Gasteiger charge is -2.23. The van der Waals surface area contributed by atoms with E-state index in [1.807, 2.05) is 6.07 Å². The summed E-state index contributed by atoms with van der Waals surface area (Å²) in [4.78, 5) is 26.4. The smallest absolute Gasteiger partial charge is 0.269 e. The van der Waals surface area contributed by atoms with Gasteiger partial charge in [-0.1, -0.05) is 12.6 Å². The number of pyridine rings is 1. The molecule has 0 aliphatic carbocycles. The number of nitrogens with zero attached hydrogens (tertiary/aromatic N) is 3. The Bertz CT molecular complexity index is 1810. The van der Waals surface area contributed by atoms with Crippen LogP contribution in [0.3, 0.4) is 0 Å². The standard InChI is InChI=1S/C31H31FN6O4/c1-18(33)24-17-36(2)29-23(30(24)39)16-25(32)28(34-9-12-37-10-3-4-11-37)31(29)42-22-7-5-19-13-20-14-21(38(40)41)6-8-26(20)35-27(19)15-22/h5-8,14-17,34-35H,1,3-4,9-13,33H2,2H3. The molecule has 1 aromatic heterocycles. The quantitative estimate of drug-likeness (QED) is 0.166. The van der Waals surface area contributed by atoms with Crippen LogP contribution in [0.1, 0.15) is 29.5 Å². The molecule has 0 atom stereocenters. The largest absolute Gasteiger partial charge is 0.453 e. The molecule has 11 heteroatoms. The Kier molecular flexibility index (Phi) is 7.03. The number of likely N-dealkylation sites (tertiary alicyclic amines) is 1. The molecule has 2 aliphatic heterocycles. The molecule has 1 fully saturated rings. The lowest BCUT2D eigenvalue weighted by atomic mass is 9.97. The van der Waals surface area contributed by atoms with Crippen LogP contribution in [0.25, 0.3) is 16.6 Å². The van der Waals surface area contributed by atoms with Crippen LogP contribution in [0.2, 0.25) is 0 Å². The zero-order chi connectivity index (χ0) is 29.5. The summed E-state index contributed by atoms with van der Waals surface area (Å²) in [6, 6.07) is 11.4. The Morgan fingerprint density at radius 3 is 2.69 bits per heavy atom. The molecule has 10 nitrogen and oxygen atoms in total. The molecule has 0 unspecified atom stereocenters. The number of benzene rings is 3. The molecule has 2 aliphatic rings. The van der Waals surface area contributed by atoms with Crippen LogP contribution in [0.15, 0.2) is 60.0 Å². The number of ether oxygens (including phenoxy) is 1. The first kappa shape index (κ1) is 27.3. The molecule has 0 radical (unpaired) electrons. The minimum absolute atomic E-state index is 0.0358. The molecule has 0 amide bonds. The van der Waals surface area contributed by atoms with Crippen LogP contribution in [0, 0.1) is 15.9 Å². The van der Waals surface area contributed by atoms with Crippen LogP contribution < -0.4 is 26.5 Å². The van der Waals surface area contributed by atoms with Crippen molar-refractivity contribution in [2.75, 3.05) is 36.8 Å². The van der Waals surface area contributed by atoms with Gasteiger partial charge in [-0.2, -0.15) is 0 Å². The Morgan fingerprint density at radius 1 is 1.17 bits per heavy atom.